The van der Waals surface area contributed by atoms with Crippen molar-refractivity contribution in [2.75, 3.05) is 0 Å². The van der Waals surface area contributed by atoms with Gasteiger partial charge in [-0.05, 0) is 18.2 Å². The Labute approximate surface area is 117 Å². The summed E-state index contributed by atoms with van der Waals surface area (Å²) < 4.78 is 6.80. The van der Waals surface area contributed by atoms with Gasteiger partial charge in [-0.15, -0.1) is 11.3 Å². The molecule has 18 heavy (non-hydrogen) atoms. The van der Waals surface area contributed by atoms with Gasteiger partial charge in [0.05, 0.1) is 0 Å². The number of aromatic nitrogens is 2. The number of benzene rings is 1. The van der Waals surface area contributed by atoms with E-state index in [0.717, 1.165) is 26.1 Å². The summed E-state index contributed by atoms with van der Waals surface area (Å²) in [4.78, 5) is 8.56. The van der Waals surface area contributed by atoms with Crippen LogP contribution in [-0.4, -0.2) is 9.97 Å². The second kappa shape index (κ2) is 5.04. The van der Waals surface area contributed by atoms with E-state index in [0.29, 0.717) is 6.61 Å². The van der Waals surface area contributed by atoms with E-state index in [-0.39, 0.29) is 0 Å². The summed E-state index contributed by atoms with van der Waals surface area (Å²) in [6.07, 6.45) is 3.55. The minimum absolute atomic E-state index is 0.477. The fourth-order valence-corrected chi connectivity index (χ4v) is 2.67. The molecule has 2 aromatic heterocycles. The Kier molecular flexibility index (Phi) is 3.25. The molecule has 0 saturated carbocycles. The molecule has 0 aliphatic rings. The first-order valence-corrected chi connectivity index (χ1v) is 7.06. The predicted octanol–water partition coefficient (Wildman–Crippen LogP) is 4.03. The van der Waals surface area contributed by atoms with E-state index in [1.165, 1.54) is 0 Å². The van der Waals surface area contributed by atoms with Gasteiger partial charge in [-0.25, -0.2) is 4.98 Å². The van der Waals surface area contributed by atoms with Gasteiger partial charge in [0.2, 0.25) is 0 Å². The van der Waals surface area contributed by atoms with Crippen LogP contribution in [0.2, 0.25) is 0 Å². The summed E-state index contributed by atoms with van der Waals surface area (Å²) in [6, 6.07) is 7.83. The number of pyridine rings is 1. The third-order valence-electron chi connectivity index (χ3n) is 2.51. The molecule has 2 heterocycles. The van der Waals surface area contributed by atoms with Crippen molar-refractivity contribution in [3.8, 4) is 5.75 Å². The Balaban J connectivity index is 1.94. The topological polar surface area (TPSA) is 35.0 Å². The molecule has 3 aromatic rings. The van der Waals surface area contributed by atoms with Crippen LogP contribution in [0.3, 0.4) is 0 Å². The Hall–Kier alpha value is -1.46. The van der Waals surface area contributed by atoms with Crippen molar-refractivity contribution in [3.63, 3.8) is 0 Å². The maximum atomic E-state index is 5.78. The van der Waals surface area contributed by atoms with E-state index in [9.17, 15) is 0 Å². The van der Waals surface area contributed by atoms with Gasteiger partial charge < -0.3 is 4.74 Å². The van der Waals surface area contributed by atoms with E-state index in [1.54, 1.807) is 23.7 Å². The first-order chi connectivity index (χ1) is 8.84. The van der Waals surface area contributed by atoms with Crippen LogP contribution in [0.15, 0.2) is 46.5 Å². The third-order valence-corrected chi connectivity index (χ3v) is 3.96. The SMILES string of the molecule is Brc1ccc(OCc2nccs2)c2ncccc12. The molecule has 0 aliphatic carbocycles. The molecule has 0 atom stereocenters. The fourth-order valence-electron chi connectivity index (χ4n) is 1.69. The predicted molar refractivity (Wildman–Crippen MR) is 75.9 cm³/mol. The van der Waals surface area contributed by atoms with Crippen LogP contribution < -0.4 is 4.74 Å². The van der Waals surface area contributed by atoms with Crippen LogP contribution in [-0.2, 0) is 6.61 Å². The van der Waals surface area contributed by atoms with Gasteiger partial charge in [-0.3, -0.25) is 4.98 Å². The van der Waals surface area contributed by atoms with Gasteiger partial charge >= 0.3 is 0 Å². The maximum absolute atomic E-state index is 5.78. The second-order valence-corrected chi connectivity index (χ2v) is 5.49. The van der Waals surface area contributed by atoms with Crippen LogP contribution >= 0.6 is 27.3 Å². The molecule has 5 heteroatoms. The van der Waals surface area contributed by atoms with Crippen molar-refractivity contribution in [2.24, 2.45) is 0 Å². The van der Waals surface area contributed by atoms with E-state index in [2.05, 4.69) is 25.9 Å². The smallest absolute Gasteiger partial charge is 0.146 e. The standard InChI is InChI=1S/C13H9BrN2OS/c14-10-3-4-11(13-9(10)2-1-5-16-13)17-8-12-15-6-7-18-12/h1-7H,8H2. The molecule has 0 saturated heterocycles. The second-order valence-electron chi connectivity index (χ2n) is 3.66. The molecule has 3 nitrogen and oxygen atoms in total. The Bertz CT molecular complexity index is 670. The minimum Gasteiger partial charge on any atom is -0.484 e. The third kappa shape index (κ3) is 2.23. The fraction of sp³-hybridized carbons (Fsp3) is 0.0769. The van der Waals surface area contributed by atoms with Gasteiger partial charge in [-0.2, -0.15) is 0 Å². The molecule has 0 unspecified atom stereocenters. The lowest BCUT2D eigenvalue weighted by atomic mass is 10.2. The normalized spacial score (nSPS) is 10.7. The molecule has 90 valence electrons. The molecule has 0 radical (unpaired) electrons. The van der Waals surface area contributed by atoms with Crippen molar-refractivity contribution < 1.29 is 4.74 Å². The van der Waals surface area contributed by atoms with Gasteiger partial charge in [-0.1, -0.05) is 22.0 Å². The first kappa shape index (κ1) is 11.6. The molecular formula is C13H9BrN2OS. The highest BCUT2D eigenvalue weighted by Crippen LogP contribution is 2.30. The number of fused-ring (bicyclic) bond motifs is 1. The zero-order chi connectivity index (χ0) is 12.4. The zero-order valence-corrected chi connectivity index (χ0v) is 11.7. The van der Waals surface area contributed by atoms with Crippen LogP contribution in [0.25, 0.3) is 10.9 Å². The summed E-state index contributed by atoms with van der Waals surface area (Å²) in [6.45, 7) is 0.477. The molecule has 0 amide bonds. The average Bonchev–Trinajstić information content (AvgIpc) is 2.92. The molecule has 0 fully saturated rings. The van der Waals surface area contributed by atoms with E-state index in [4.69, 9.17) is 4.74 Å². The van der Waals surface area contributed by atoms with Gasteiger partial charge in [0.25, 0.3) is 0 Å². The number of halogens is 1. The lowest BCUT2D eigenvalue weighted by molar-refractivity contribution is 0.308. The quantitative estimate of drug-likeness (QED) is 0.730. The van der Waals surface area contributed by atoms with Gasteiger partial charge in [0, 0.05) is 27.6 Å². The van der Waals surface area contributed by atoms with Crippen LogP contribution in [0.5, 0.6) is 5.75 Å². The lowest BCUT2D eigenvalue weighted by Gasteiger charge is -2.08. The highest BCUT2D eigenvalue weighted by Gasteiger charge is 2.07. The van der Waals surface area contributed by atoms with E-state index in [1.807, 2.05) is 29.6 Å². The minimum atomic E-state index is 0.477. The monoisotopic (exact) mass is 320 g/mol. The lowest BCUT2D eigenvalue weighted by Crippen LogP contribution is -1.96. The first-order valence-electron chi connectivity index (χ1n) is 5.39. The maximum Gasteiger partial charge on any atom is 0.146 e. The molecule has 0 aliphatic heterocycles. The summed E-state index contributed by atoms with van der Waals surface area (Å²) in [5.41, 5.74) is 0.864. The molecule has 3 rings (SSSR count). The van der Waals surface area contributed by atoms with Crippen molar-refractivity contribution in [3.05, 3.63) is 51.5 Å². The van der Waals surface area contributed by atoms with Crippen molar-refractivity contribution in [1.82, 2.24) is 9.97 Å². The van der Waals surface area contributed by atoms with Crippen molar-refractivity contribution in [1.29, 1.82) is 0 Å². The van der Waals surface area contributed by atoms with Crippen molar-refractivity contribution in [2.45, 2.75) is 6.61 Å². The number of thiazole rings is 1. The molecule has 0 bridgehead atoms. The molecule has 1 aromatic carbocycles. The van der Waals surface area contributed by atoms with Crippen LogP contribution in [0.4, 0.5) is 0 Å². The molecule has 0 spiro atoms. The average molecular weight is 321 g/mol. The summed E-state index contributed by atoms with van der Waals surface area (Å²) in [5, 5.41) is 3.95. The highest BCUT2D eigenvalue weighted by atomic mass is 79.9. The highest BCUT2D eigenvalue weighted by molar-refractivity contribution is 9.10. The summed E-state index contributed by atoms with van der Waals surface area (Å²) in [7, 11) is 0. The zero-order valence-electron chi connectivity index (χ0n) is 9.34. The van der Waals surface area contributed by atoms with E-state index < -0.39 is 0 Å². The van der Waals surface area contributed by atoms with Gasteiger partial charge in [0.15, 0.2) is 0 Å². The van der Waals surface area contributed by atoms with Crippen molar-refractivity contribution >= 4 is 38.2 Å². The summed E-state index contributed by atoms with van der Waals surface area (Å²) >= 11 is 5.10. The number of ether oxygens (including phenoxy) is 1. The summed E-state index contributed by atoms with van der Waals surface area (Å²) in [5.74, 6) is 0.781. The number of hydrogen-bond acceptors (Lipinski definition) is 4. The Morgan fingerprint density at radius 2 is 2.11 bits per heavy atom. The largest absolute Gasteiger partial charge is 0.484 e. The number of rotatable bonds is 3. The number of nitrogens with zero attached hydrogens (tertiary/aromatic N) is 2. The van der Waals surface area contributed by atoms with Crippen LogP contribution in [0, 0.1) is 0 Å². The molecule has 0 N–H and O–H groups in total. The number of hydrogen-bond donors (Lipinski definition) is 0. The van der Waals surface area contributed by atoms with E-state index >= 15 is 0 Å². The van der Waals surface area contributed by atoms with Crippen LogP contribution in [0.1, 0.15) is 5.01 Å². The van der Waals surface area contributed by atoms with Gasteiger partial charge in [0.1, 0.15) is 22.9 Å². The Morgan fingerprint density at radius 3 is 2.94 bits per heavy atom. The molecular weight excluding hydrogens is 312 g/mol. The Morgan fingerprint density at radius 1 is 1.17 bits per heavy atom.